The topological polar surface area (TPSA) is 38.3 Å². The lowest BCUT2D eigenvalue weighted by atomic mass is 9.60. The number of carbonyl (C=O) groups excluding carboxylic acids is 1. The molecule has 0 aromatic heterocycles. The predicted molar refractivity (Wildman–Crippen MR) is 49.3 cm³/mol. The second-order valence-corrected chi connectivity index (χ2v) is 4.48. The average molecular weight is 183 g/mol. The van der Waals surface area contributed by atoms with E-state index in [1.165, 1.54) is 26.4 Å². The Balaban J connectivity index is 1.74. The van der Waals surface area contributed by atoms with E-state index in [1.807, 2.05) is 0 Å². The van der Waals surface area contributed by atoms with Gasteiger partial charge in [0.1, 0.15) is 0 Å². The molecule has 0 bridgehead atoms. The largest absolute Gasteiger partial charge is 0.469 e. The Morgan fingerprint density at radius 2 is 2.38 bits per heavy atom. The molecule has 0 amide bonds. The molecule has 1 aliphatic carbocycles. The third-order valence-electron chi connectivity index (χ3n) is 3.46. The minimum absolute atomic E-state index is 0.0502. The van der Waals surface area contributed by atoms with Gasteiger partial charge in [0, 0.05) is 13.0 Å². The summed E-state index contributed by atoms with van der Waals surface area (Å²) in [4.78, 5) is 11.0. The van der Waals surface area contributed by atoms with E-state index >= 15 is 0 Å². The van der Waals surface area contributed by atoms with E-state index in [2.05, 4.69) is 10.1 Å². The highest BCUT2D eigenvalue weighted by atomic mass is 16.5. The summed E-state index contributed by atoms with van der Waals surface area (Å²) in [6, 6.07) is 0. The van der Waals surface area contributed by atoms with Gasteiger partial charge in [-0.2, -0.15) is 0 Å². The summed E-state index contributed by atoms with van der Waals surface area (Å²) in [6.07, 6.45) is 4.35. The van der Waals surface area contributed by atoms with Crippen molar-refractivity contribution in [2.75, 3.05) is 20.2 Å². The summed E-state index contributed by atoms with van der Waals surface area (Å²) in [7, 11) is 1.47. The van der Waals surface area contributed by atoms with Crippen LogP contribution < -0.4 is 5.32 Å². The molecule has 0 atom stereocenters. The molecule has 0 aromatic carbocycles. The molecule has 2 aliphatic rings. The SMILES string of the molecule is COC(=O)CC1CC2(CCNC2)C1. The first-order chi connectivity index (χ1) is 6.24. The molecule has 3 heteroatoms. The van der Waals surface area contributed by atoms with Gasteiger partial charge in [0.15, 0.2) is 0 Å². The van der Waals surface area contributed by atoms with Crippen molar-refractivity contribution >= 4 is 5.97 Å². The Bertz CT molecular complexity index is 201. The van der Waals surface area contributed by atoms with Gasteiger partial charge < -0.3 is 10.1 Å². The summed E-state index contributed by atoms with van der Waals surface area (Å²) < 4.78 is 4.65. The summed E-state index contributed by atoms with van der Waals surface area (Å²) >= 11 is 0. The minimum Gasteiger partial charge on any atom is -0.469 e. The van der Waals surface area contributed by atoms with Gasteiger partial charge in [-0.1, -0.05) is 0 Å². The molecule has 1 aliphatic heterocycles. The van der Waals surface area contributed by atoms with Gasteiger partial charge in [-0.3, -0.25) is 4.79 Å². The maximum absolute atomic E-state index is 11.0. The quantitative estimate of drug-likeness (QED) is 0.647. The number of rotatable bonds is 2. The van der Waals surface area contributed by atoms with Gasteiger partial charge in [0.2, 0.25) is 0 Å². The second-order valence-electron chi connectivity index (χ2n) is 4.48. The van der Waals surface area contributed by atoms with Crippen molar-refractivity contribution in [3.05, 3.63) is 0 Å². The average Bonchev–Trinajstić information content (AvgIpc) is 2.52. The number of carbonyl (C=O) groups is 1. The molecule has 1 saturated carbocycles. The first-order valence-corrected chi connectivity index (χ1v) is 5.02. The summed E-state index contributed by atoms with van der Waals surface area (Å²) in [6.45, 7) is 2.32. The van der Waals surface area contributed by atoms with Crippen LogP contribution in [0.3, 0.4) is 0 Å². The fraction of sp³-hybridized carbons (Fsp3) is 0.900. The number of ether oxygens (including phenoxy) is 1. The fourth-order valence-electron chi connectivity index (χ4n) is 2.77. The zero-order valence-corrected chi connectivity index (χ0v) is 8.14. The highest BCUT2D eigenvalue weighted by Gasteiger charge is 2.46. The van der Waals surface area contributed by atoms with E-state index < -0.39 is 0 Å². The van der Waals surface area contributed by atoms with Crippen LogP contribution in [0, 0.1) is 11.3 Å². The van der Waals surface area contributed by atoms with Crippen LogP contribution in [0.2, 0.25) is 0 Å². The standard InChI is InChI=1S/C10H17NO2/c1-13-9(12)4-8-5-10(6-8)2-3-11-7-10/h8,11H,2-7H2,1H3. The second kappa shape index (κ2) is 3.29. The smallest absolute Gasteiger partial charge is 0.305 e. The van der Waals surface area contributed by atoms with Crippen molar-refractivity contribution in [3.8, 4) is 0 Å². The number of hydrogen-bond donors (Lipinski definition) is 1. The van der Waals surface area contributed by atoms with Crippen molar-refractivity contribution in [2.24, 2.45) is 11.3 Å². The van der Waals surface area contributed by atoms with E-state index in [1.54, 1.807) is 0 Å². The fourth-order valence-corrected chi connectivity index (χ4v) is 2.77. The summed E-state index contributed by atoms with van der Waals surface area (Å²) in [5.41, 5.74) is 0.554. The van der Waals surface area contributed by atoms with E-state index in [9.17, 15) is 4.79 Å². The van der Waals surface area contributed by atoms with Gasteiger partial charge >= 0.3 is 5.97 Å². The third kappa shape index (κ3) is 1.70. The van der Waals surface area contributed by atoms with Crippen LogP contribution in [0.25, 0.3) is 0 Å². The lowest BCUT2D eigenvalue weighted by Gasteiger charge is -2.44. The zero-order chi connectivity index (χ0) is 9.31. The zero-order valence-electron chi connectivity index (χ0n) is 8.14. The van der Waals surface area contributed by atoms with Gasteiger partial charge in [-0.25, -0.2) is 0 Å². The molecule has 1 heterocycles. The van der Waals surface area contributed by atoms with Crippen LogP contribution in [0.5, 0.6) is 0 Å². The first kappa shape index (κ1) is 9.00. The Morgan fingerprint density at radius 1 is 1.62 bits per heavy atom. The lowest BCUT2D eigenvalue weighted by molar-refractivity contribution is -0.143. The Kier molecular flexibility index (Phi) is 2.28. The molecule has 1 saturated heterocycles. The Morgan fingerprint density at radius 3 is 2.92 bits per heavy atom. The predicted octanol–water partition coefficient (Wildman–Crippen LogP) is 0.939. The van der Waals surface area contributed by atoms with Crippen LogP contribution in [-0.4, -0.2) is 26.2 Å². The number of hydrogen-bond acceptors (Lipinski definition) is 3. The molecule has 0 unspecified atom stereocenters. The molecule has 74 valence electrons. The van der Waals surface area contributed by atoms with Gasteiger partial charge in [0.25, 0.3) is 0 Å². The van der Waals surface area contributed by atoms with Crippen LogP contribution in [0.4, 0.5) is 0 Å². The van der Waals surface area contributed by atoms with Crippen LogP contribution in [0.15, 0.2) is 0 Å². The highest BCUT2D eigenvalue weighted by Crippen LogP contribution is 2.50. The van der Waals surface area contributed by atoms with E-state index in [-0.39, 0.29) is 5.97 Å². The number of esters is 1. The van der Waals surface area contributed by atoms with Crippen molar-refractivity contribution in [1.29, 1.82) is 0 Å². The molecular weight excluding hydrogens is 166 g/mol. The molecule has 2 fully saturated rings. The Labute approximate surface area is 78.8 Å². The van der Waals surface area contributed by atoms with Crippen LogP contribution >= 0.6 is 0 Å². The minimum atomic E-state index is -0.0502. The van der Waals surface area contributed by atoms with Crippen molar-refractivity contribution < 1.29 is 9.53 Å². The monoisotopic (exact) mass is 183 g/mol. The van der Waals surface area contributed by atoms with Crippen LogP contribution in [0.1, 0.15) is 25.7 Å². The van der Waals surface area contributed by atoms with Crippen LogP contribution in [-0.2, 0) is 9.53 Å². The van der Waals surface area contributed by atoms with Gasteiger partial charge in [-0.15, -0.1) is 0 Å². The molecule has 3 nitrogen and oxygen atoms in total. The molecule has 1 spiro atoms. The highest BCUT2D eigenvalue weighted by molar-refractivity contribution is 5.69. The third-order valence-corrected chi connectivity index (χ3v) is 3.46. The molecule has 0 radical (unpaired) electrons. The molecular formula is C10H17NO2. The van der Waals surface area contributed by atoms with E-state index in [0.29, 0.717) is 17.8 Å². The maximum Gasteiger partial charge on any atom is 0.305 e. The molecule has 13 heavy (non-hydrogen) atoms. The van der Waals surface area contributed by atoms with Gasteiger partial charge in [0.05, 0.1) is 7.11 Å². The normalized spacial score (nSPS) is 37.5. The van der Waals surface area contributed by atoms with Crippen molar-refractivity contribution in [1.82, 2.24) is 5.32 Å². The van der Waals surface area contributed by atoms with Crippen molar-refractivity contribution in [3.63, 3.8) is 0 Å². The molecule has 0 aromatic rings. The molecule has 2 rings (SSSR count). The Hall–Kier alpha value is -0.570. The van der Waals surface area contributed by atoms with Crippen molar-refractivity contribution in [2.45, 2.75) is 25.7 Å². The molecule has 1 N–H and O–H groups in total. The number of nitrogens with one attached hydrogen (secondary N) is 1. The number of methoxy groups -OCH3 is 1. The lowest BCUT2D eigenvalue weighted by Crippen LogP contribution is -2.39. The van der Waals surface area contributed by atoms with Gasteiger partial charge in [-0.05, 0) is 37.1 Å². The van der Waals surface area contributed by atoms with E-state index in [4.69, 9.17) is 0 Å². The summed E-state index contributed by atoms with van der Waals surface area (Å²) in [5, 5.41) is 3.39. The maximum atomic E-state index is 11.0. The van der Waals surface area contributed by atoms with E-state index in [0.717, 1.165) is 13.1 Å². The summed E-state index contributed by atoms with van der Waals surface area (Å²) in [5.74, 6) is 0.540. The first-order valence-electron chi connectivity index (χ1n) is 5.02.